The molecule has 32 heavy (non-hydrogen) atoms. The highest BCUT2D eigenvalue weighted by Crippen LogP contribution is 2.26. The van der Waals surface area contributed by atoms with Crippen molar-refractivity contribution < 1.29 is 17.9 Å². The van der Waals surface area contributed by atoms with Crippen molar-refractivity contribution in [2.75, 3.05) is 24.2 Å². The number of aryl methyl sites for hydroxylation is 2. The van der Waals surface area contributed by atoms with E-state index in [0.29, 0.717) is 17.9 Å². The predicted octanol–water partition coefficient (Wildman–Crippen LogP) is 4.39. The number of hydrogen-bond acceptors (Lipinski definition) is 4. The second kappa shape index (κ2) is 10.9. The molecule has 174 valence electrons. The maximum atomic E-state index is 12.6. The summed E-state index contributed by atoms with van der Waals surface area (Å²) in [4.78, 5) is 12.6. The molecule has 0 saturated carbocycles. The Hall–Kier alpha value is -2.54. The van der Waals surface area contributed by atoms with Gasteiger partial charge in [0.2, 0.25) is 15.9 Å². The third-order valence-corrected chi connectivity index (χ3v) is 7.24. The first-order chi connectivity index (χ1) is 15.3. The molecule has 0 heterocycles. The molecule has 0 saturated heterocycles. The zero-order chi connectivity index (χ0) is 23.1. The summed E-state index contributed by atoms with van der Waals surface area (Å²) in [5, 5.41) is 3.13. The van der Waals surface area contributed by atoms with E-state index in [1.165, 1.54) is 34.5 Å². The first-order valence-corrected chi connectivity index (χ1v) is 13.2. The van der Waals surface area contributed by atoms with Gasteiger partial charge in [0.15, 0.2) is 0 Å². The number of rotatable bonds is 10. The van der Waals surface area contributed by atoms with Crippen molar-refractivity contribution in [1.82, 2.24) is 5.32 Å². The molecule has 0 spiro atoms. The van der Waals surface area contributed by atoms with Crippen LogP contribution in [-0.2, 0) is 27.7 Å². The van der Waals surface area contributed by atoms with Crippen LogP contribution in [0.15, 0.2) is 42.5 Å². The number of benzene rings is 2. The number of ether oxygens (including phenoxy) is 1. The Morgan fingerprint density at radius 3 is 2.41 bits per heavy atom. The van der Waals surface area contributed by atoms with E-state index in [1.807, 2.05) is 0 Å². The molecule has 1 aliphatic carbocycles. The van der Waals surface area contributed by atoms with E-state index in [4.69, 9.17) is 4.74 Å². The monoisotopic (exact) mass is 458 g/mol. The summed E-state index contributed by atoms with van der Waals surface area (Å²) in [7, 11) is -1.89. The number of carbonyl (C=O) groups is 1. The third-order valence-electron chi connectivity index (χ3n) is 6.04. The van der Waals surface area contributed by atoms with Crippen LogP contribution < -0.4 is 14.4 Å². The Labute approximate surface area is 192 Å². The fraction of sp³-hybridized carbons (Fsp3) is 0.480. The molecule has 2 aromatic rings. The lowest BCUT2D eigenvalue weighted by Crippen LogP contribution is -2.33. The van der Waals surface area contributed by atoms with Crippen molar-refractivity contribution in [3.63, 3.8) is 0 Å². The summed E-state index contributed by atoms with van der Waals surface area (Å²) in [6.45, 7) is 2.31. The SMILES string of the molecule is CC[C@H](NC(=O)CCCN(c1ccc(OC)cc1)S(C)(=O)=O)c1ccc2c(c1)CCCC2. The molecule has 6 nitrogen and oxygen atoms in total. The predicted molar refractivity (Wildman–Crippen MR) is 129 cm³/mol. The lowest BCUT2D eigenvalue weighted by atomic mass is 9.89. The van der Waals surface area contributed by atoms with Crippen molar-refractivity contribution >= 4 is 21.6 Å². The van der Waals surface area contributed by atoms with Crippen molar-refractivity contribution in [3.05, 3.63) is 59.2 Å². The Kier molecular flexibility index (Phi) is 8.18. The van der Waals surface area contributed by atoms with Crippen LogP contribution in [0.2, 0.25) is 0 Å². The van der Waals surface area contributed by atoms with Crippen LogP contribution >= 0.6 is 0 Å². The molecular weight excluding hydrogens is 424 g/mol. The summed E-state index contributed by atoms with van der Waals surface area (Å²) in [5.41, 5.74) is 4.55. The van der Waals surface area contributed by atoms with E-state index in [1.54, 1.807) is 31.4 Å². The van der Waals surface area contributed by atoms with Crippen LogP contribution in [0.4, 0.5) is 5.69 Å². The molecule has 2 aromatic carbocycles. The van der Waals surface area contributed by atoms with Crippen molar-refractivity contribution in [1.29, 1.82) is 0 Å². The minimum absolute atomic E-state index is 0.0256. The van der Waals surface area contributed by atoms with Crippen LogP contribution in [0.3, 0.4) is 0 Å². The van der Waals surface area contributed by atoms with Gasteiger partial charge in [0.1, 0.15) is 5.75 Å². The minimum atomic E-state index is -3.45. The van der Waals surface area contributed by atoms with E-state index >= 15 is 0 Å². The Balaban J connectivity index is 1.58. The number of nitrogens with zero attached hydrogens (tertiary/aromatic N) is 1. The van der Waals surface area contributed by atoms with Gasteiger partial charge in [0.25, 0.3) is 0 Å². The van der Waals surface area contributed by atoms with Gasteiger partial charge in [-0.15, -0.1) is 0 Å². The van der Waals surface area contributed by atoms with Gasteiger partial charge in [0.05, 0.1) is 25.1 Å². The molecule has 7 heteroatoms. The van der Waals surface area contributed by atoms with Gasteiger partial charge in [-0.2, -0.15) is 0 Å². The second-order valence-corrected chi connectivity index (χ2v) is 10.3. The lowest BCUT2D eigenvalue weighted by Gasteiger charge is -2.23. The summed E-state index contributed by atoms with van der Waals surface area (Å²) in [6, 6.07) is 13.4. The van der Waals surface area contributed by atoms with Gasteiger partial charge >= 0.3 is 0 Å². The Bertz CT molecular complexity index is 1020. The van der Waals surface area contributed by atoms with Crippen LogP contribution in [0.1, 0.15) is 61.8 Å². The molecule has 0 unspecified atom stereocenters. The summed E-state index contributed by atoms with van der Waals surface area (Å²) in [5.74, 6) is 0.604. The van der Waals surface area contributed by atoms with Gasteiger partial charge < -0.3 is 10.1 Å². The van der Waals surface area contributed by atoms with E-state index in [-0.39, 0.29) is 24.9 Å². The molecule has 0 aromatic heterocycles. The van der Waals surface area contributed by atoms with E-state index in [9.17, 15) is 13.2 Å². The van der Waals surface area contributed by atoms with Gasteiger partial charge in [-0.05, 0) is 79.5 Å². The number of methoxy groups -OCH3 is 1. The van der Waals surface area contributed by atoms with Crippen molar-refractivity contribution in [3.8, 4) is 5.75 Å². The molecule has 0 fully saturated rings. The average molecular weight is 459 g/mol. The number of anilines is 1. The summed E-state index contributed by atoms with van der Waals surface area (Å²) in [6.07, 6.45) is 7.43. The first kappa shape index (κ1) is 24.1. The molecule has 1 N–H and O–H groups in total. The van der Waals surface area contributed by atoms with E-state index in [0.717, 1.165) is 24.8 Å². The second-order valence-electron chi connectivity index (χ2n) is 8.40. The number of amides is 1. The number of hydrogen-bond donors (Lipinski definition) is 1. The van der Waals surface area contributed by atoms with Crippen LogP contribution in [0.25, 0.3) is 0 Å². The highest BCUT2D eigenvalue weighted by atomic mass is 32.2. The highest BCUT2D eigenvalue weighted by molar-refractivity contribution is 7.92. The average Bonchev–Trinajstić information content (AvgIpc) is 2.79. The van der Waals surface area contributed by atoms with Crippen molar-refractivity contribution in [2.24, 2.45) is 0 Å². The van der Waals surface area contributed by atoms with Gasteiger partial charge in [-0.1, -0.05) is 25.1 Å². The van der Waals surface area contributed by atoms with Crippen LogP contribution in [-0.4, -0.2) is 34.2 Å². The fourth-order valence-corrected chi connectivity index (χ4v) is 5.24. The molecule has 1 atom stereocenters. The van der Waals surface area contributed by atoms with Gasteiger partial charge in [-0.3, -0.25) is 9.10 Å². The molecule has 3 rings (SSSR count). The van der Waals surface area contributed by atoms with E-state index in [2.05, 4.69) is 30.4 Å². The fourth-order valence-electron chi connectivity index (χ4n) is 4.28. The molecule has 0 aliphatic heterocycles. The topological polar surface area (TPSA) is 75.7 Å². The molecule has 1 aliphatic rings. The summed E-state index contributed by atoms with van der Waals surface area (Å²) >= 11 is 0. The summed E-state index contributed by atoms with van der Waals surface area (Å²) < 4.78 is 31.0. The van der Waals surface area contributed by atoms with Crippen LogP contribution in [0, 0.1) is 0 Å². The third kappa shape index (κ3) is 6.25. The van der Waals surface area contributed by atoms with Crippen LogP contribution in [0.5, 0.6) is 5.75 Å². The maximum absolute atomic E-state index is 12.6. The van der Waals surface area contributed by atoms with Crippen molar-refractivity contribution in [2.45, 2.75) is 57.9 Å². The highest BCUT2D eigenvalue weighted by Gasteiger charge is 2.19. The molecular formula is C25H34N2O4S. The maximum Gasteiger partial charge on any atom is 0.232 e. The smallest absolute Gasteiger partial charge is 0.232 e. The van der Waals surface area contributed by atoms with Gasteiger partial charge in [-0.25, -0.2) is 8.42 Å². The quantitative estimate of drug-likeness (QED) is 0.573. The van der Waals surface area contributed by atoms with E-state index < -0.39 is 10.0 Å². The molecule has 0 radical (unpaired) electrons. The first-order valence-electron chi connectivity index (χ1n) is 11.3. The zero-order valence-corrected chi connectivity index (χ0v) is 20.1. The normalized spacial score (nSPS) is 14.3. The number of sulfonamides is 1. The Morgan fingerprint density at radius 1 is 1.09 bits per heavy atom. The Morgan fingerprint density at radius 2 is 1.78 bits per heavy atom. The molecule has 0 bridgehead atoms. The zero-order valence-electron chi connectivity index (χ0n) is 19.3. The lowest BCUT2D eigenvalue weighted by molar-refractivity contribution is -0.121. The number of carbonyl (C=O) groups excluding carboxylic acids is 1. The largest absolute Gasteiger partial charge is 0.497 e. The number of fused-ring (bicyclic) bond motifs is 1. The minimum Gasteiger partial charge on any atom is -0.497 e. The van der Waals surface area contributed by atoms with Gasteiger partial charge in [0, 0.05) is 13.0 Å². The standard InChI is InChI=1S/C25H34N2O4S/c1-4-24(21-12-11-19-8-5-6-9-20(19)18-21)26-25(28)10-7-17-27(32(3,29)30)22-13-15-23(31-2)16-14-22/h11-16,18,24H,4-10,17H2,1-3H3,(H,26,28)/t24-/m0/s1. The molecule has 1 amide bonds. The number of nitrogens with one attached hydrogen (secondary N) is 1.